The molecule has 0 unspecified atom stereocenters. The second-order valence-electron chi connectivity index (χ2n) is 7.98. The minimum absolute atomic E-state index is 0.167. The summed E-state index contributed by atoms with van der Waals surface area (Å²) in [6.45, 7) is 6.06. The third-order valence-electron chi connectivity index (χ3n) is 4.68. The van der Waals surface area contributed by atoms with Gasteiger partial charge in [0.2, 0.25) is 0 Å². The molecule has 1 aliphatic rings. The van der Waals surface area contributed by atoms with Gasteiger partial charge >= 0.3 is 6.09 Å². The summed E-state index contributed by atoms with van der Waals surface area (Å²) in [5, 5.41) is 17.0. The van der Waals surface area contributed by atoms with Gasteiger partial charge in [-0.05, 0) is 39.2 Å². The molecule has 27 heavy (non-hydrogen) atoms. The molecular weight excluding hydrogens is 349 g/mol. The van der Waals surface area contributed by atoms with Crippen LogP contribution in [0.5, 0.6) is 0 Å². The molecule has 3 rings (SSSR count). The van der Waals surface area contributed by atoms with Crippen LogP contribution in [0.4, 0.5) is 15.0 Å². The Bertz CT molecular complexity index is 776. The van der Waals surface area contributed by atoms with Crippen molar-refractivity contribution in [2.45, 2.75) is 64.0 Å². The fourth-order valence-electron chi connectivity index (χ4n) is 3.27. The van der Waals surface area contributed by atoms with Crippen molar-refractivity contribution in [2.24, 2.45) is 0 Å². The summed E-state index contributed by atoms with van der Waals surface area (Å²) in [4.78, 5) is 12.2. The summed E-state index contributed by atoms with van der Waals surface area (Å²) in [6, 6.07) is 11.2. The summed E-state index contributed by atoms with van der Waals surface area (Å²) in [5.41, 5.74) is 1.18. The molecule has 0 spiro atoms. The standard InChI is InChI=1S/C20H26FN3O3/c1-20(2,3)24-18(11-16(23-24)14-9-15(21)17(25)10-14)22-19(26)27-12-13-7-5-4-6-8-13/h4-8,11,14-15,17,25H,9-10,12H2,1-3H3,(H,22,26)/t14-,15+,17-/m0/s1. The lowest BCUT2D eigenvalue weighted by Crippen LogP contribution is -2.27. The predicted octanol–water partition coefficient (Wildman–Crippen LogP) is 3.96. The van der Waals surface area contributed by atoms with Crippen LogP contribution in [0, 0.1) is 0 Å². The van der Waals surface area contributed by atoms with E-state index in [1.165, 1.54) is 0 Å². The molecule has 1 saturated carbocycles. The van der Waals surface area contributed by atoms with Gasteiger partial charge in [0.1, 0.15) is 18.6 Å². The number of aliphatic hydroxyl groups excluding tert-OH is 1. The minimum atomic E-state index is -1.23. The molecule has 1 fully saturated rings. The van der Waals surface area contributed by atoms with Crippen molar-refractivity contribution >= 4 is 11.9 Å². The largest absolute Gasteiger partial charge is 0.444 e. The smallest absolute Gasteiger partial charge is 0.413 e. The van der Waals surface area contributed by atoms with Crippen LogP contribution >= 0.6 is 0 Å². The number of rotatable bonds is 4. The van der Waals surface area contributed by atoms with Crippen LogP contribution in [-0.4, -0.2) is 33.3 Å². The van der Waals surface area contributed by atoms with Crippen molar-refractivity contribution in [1.29, 1.82) is 0 Å². The van der Waals surface area contributed by atoms with Gasteiger partial charge in [-0.3, -0.25) is 5.32 Å². The van der Waals surface area contributed by atoms with Crippen molar-refractivity contribution in [3.63, 3.8) is 0 Å². The fourth-order valence-corrected chi connectivity index (χ4v) is 3.27. The van der Waals surface area contributed by atoms with Gasteiger partial charge in [-0.25, -0.2) is 13.9 Å². The summed E-state index contributed by atoms with van der Waals surface area (Å²) in [5.74, 6) is 0.326. The van der Waals surface area contributed by atoms with E-state index in [4.69, 9.17) is 4.74 Å². The molecule has 1 aliphatic carbocycles. The Kier molecular flexibility index (Phi) is 5.51. The number of alkyl halides is 1. The van der Waals surface area contributed by atoms with E-state index in [2.05, 4.69) is 10.4 Å². The van der Waals surface area contributed by atoms with E-state index in [9.17, 15) is 14.3 Å². The van der Waals surface area contributed by atoms with Gasteiger partial charge in [0.25, 0.3) is 0 Å². The molecule has 0 radical (unpaired) electrons. The highest BCUT2D eigenvalue weighted by Gasteiger charge is 2.36. The molecule has 1 heterocycles. The van der Waals surface area contributed by atoms with Crippen molar-refractivity contribution in [2.75, 3.05) is 5.32 Å². The summed E-state index contributed by atoms with van der Waals surface area (Å²) in [7, 11) is 0. The molecule has 7 heteroatoms. The molecule has 2 aromatic rings. The first-order valence-corrected chi connectivity index (χ1v) is 9.14. The van der Waals surface area contributed by atoms with E-state index in [0.29, 0.717) is 17.9 Å². The molecule has 146 valence electrons. The zero-order chi connectivity index (χ0) is 19.6. The van der Waals surface area contributed by atoms with Gasteiger partial charge in [0.15, 0.2) is 0 Å². The predicted molar refractivity (Wildman–Crippen MR) is 100 cm³/mol. The lowest BCUT2D eigenvalue weighted by atomic mass is 10.0. The summed E-state index contributed by atoms with van der Waals surface area (Å²) >= 11 is 0. The lowest BCUT2D eigenvalue weighted by molar-refractivity contribution is 0.103. The Morgan fingerprint density at radius 3 is 2.63 bits per heavy atom. The topological polar surface area (TPSA) is 76.4 Å². The average Bonchev–Trinajstić information content (AvgIpc) is 3.18. The number of anilines is 1. The van der Waals surface area contributed by atoms with E-state index in [1.54, 1.807) is 10.7 Å². The molecule has 0 saturated heterocycles. The zero-order valence-corrected chi connectivity index (χ0v) is 15.9. The highest BCUT2D eigenvalue weighted by atomic mass is 19.1. The lowest BCUT2D eigenvalue weighted by Gasteiger charge is -2.22. The van der Waals surface area contributed by atoms with Gasteiger partial charge in [-0.15, -0.1) is 0 Å². The van der Waals surface area contributed by atoms with Gasteiger partial charge in [0, 0.05) is 12.0 Å². The third-order valence-corrected chi connectivity index (χ3v) is 4.68. The SMILES string of the molecule is CC(C)(C)n1nc([C@H]2C[C@@H](F)[C@@H](O)C2)cc1NC(=O)OCc1ccccc1. The highest BCUT2D eigenvalue weighted by molar-refractivity contribution is 5.83. The number of amides is 1. The van der Waals surface area contributed by atoms with E-state index < -0.39 is 18.4 Å². The monoisotopic (exact) mass is 375 g/mol. The Labute approximate surface area is 158 Å². The number of hydrogen-bond donors (Lipinski definition) is 2. The van der Waals surface area contributed by atoms with Crippen LogP contribution in [0.15, 0.2) is 36.4 Å². The van der Waals surface area contributed by atoms with E-state index in [0.717, 1.165) is 5.56 Å². The first kappa shape index (κ1) is 19.4. The number of carbonyl (C=O) groups is 1. The molecule has 0 bridgehead atoms. The van der Waals surface area contributed by atoms with Crippen LogP contribution in [0.1, 0.15) is 50.8 Å². The van der Waals surface area contributed by atoms with Gasteiger partial charge < -0.3 is 9.84 Å². The number of aliphatic hydroxyl groups is 1. The fraction of sp³-hybridized carbons (Fsp3) is 0.500. The number of benzene rings is 1. The molecule has 6 nitrogen and oxygen atoms in total. The minimum Gasteiger partial charge on any atom is -0.444 e. The molecule has 3 atom stereocenters. The van der Waals surface area contributed by atoms with E-state index >= 15 is 0 Å². The van der Waals surface area contributed by atoms with Crippen molar-refractivity contribution < 1.29 is 19.0 Å². The number of nitrogens with one attached hydrogen (secondary N) is 1. The van der Waals surface area contributed by atoms with Crippen molar-refractivity contribution in [1.82, 2.24) is 9.78 Å². The maximum Gasteiger partial charge on any atom is 0.413 e. The summed E-state index contributed by atoms with van der Waals surface area (Å²) < 4.78 is 20.7. The van der Waals surface area contributed by atoms with Crippen LogP contribution in [0.25, 0.3) is 0 Å². The van der Waals surface area contributed by atoms with Crippen LogP contribution in [0.2, 0.25) is 0 Å². The third kappa shape index (κ3) is 4.66. The van der Waals surface area contributed by atoms with Crippen molar-refractivity contribution in [3.05, 3.63) is 47.7 Å². The second kappa shape index (κ2) is 7.68. The number of nitrogens with zero attached hydrogens (tertiary/aromatic N) is 2. The Morgan fingerprint density at radius 1 is 1.33 bits per heavy atom. The van der Waals surface area contributed by atoms with Crippen LogP contribution in [-0.2, 0) is 16.9 Å². The molecule has 0 aliphatic heterocycles. The van der Waals surface area contributed by atoms with Crippen LogP contribution < -0.4 is 5.32 Å². The highest BCUT2D eigenvalue weighted by Crippen LogP contribution is 2.37. The van der Waals surface area contributed by atoms with Gasteiger partial charge in [-0.2, -0.15) is 5.10 Å². The van der Waals surface area contributed by atoms with E-state index in [-0.39, 0.29) is 24.5 Å². The number of carbonyl (C=O) groups excluding carboxylic acids is 1. The molecule has 1 aromatic carbocycles. The summed E-state index contributed by atoms with van der Waals surface area (Å²) in [6.07, 6.45) is -2.20. The Hall–Kier alpha value is -2.41. The Balaban J connectivity index is 1.72. The van der Waals surface area contributed by atoms with Gasteiger partial charge in [-0.1, -0.05) is 30.3 Å². The first-order chi connectivity index (χ1) is 12.7. The number of ether oxygens (including phenoxy) is 1. The first-order valence-electron chi connectivity index (χ1n) is 9.14. The average molecular weight is 375 g/mol. The molecule has 2 N–H and O–H groups in total. The Morgan fingerprint density at radius 2 is 2.04 bits per heavy atom. The molecule has 1 aromatic heterocycles. The van der Waals surface area contributed by atoms with Crippen molar-refractivity contribution in [3.8, 4) is 0 Å². The quantitative estimate of drug-likeness (QED) is 0.848. The molecule has 1 amide bonds. The van der Waals surface area contributed by atoms with Gasteiger partial charge in [0.05, 0.1) is 17.3 Å². The van der Waals surface area contributed by atoms with E-state index in [1.807, 2.05) is 51.1 Å². The number of hydrogen-bond acceptors (Lipinski definition) is 4. The second-order valence-corrected chi connectivity index (χ2v) is 7.98. The molecular formula is C20H26FN3O3. The maximum absolute atomic E-state index is 13.7. The van der Waals surface area contributed by atoms with Crippen LogP contribution in [0.3, 0.4) is 0 Å². The number of halogens is 1. The normalized spacial score (nSPS) is 22.6. The number of aromatic nitrogens is 2. The maximum atomic E-state index is 13.7. The zero-order valence-electron chi connectivity index (χ0n) is 15.9.